The van der Waals surface area contributed by atoms with Crippen molar-refractivity contribution in [2.75, 3.05) is 0 Å². The Morgan fingerprint density at radius 1 is 0.885 bits per heavy atom. The summed E-state index contributed by atoms with van der Waals surface area (Å²) in [6.45, 7) is 0. The fraction of sp³-hybridized carbons (Fsp3) is 0.235. The summed E-state index contributed by atoms with van der Waals surface area (Å²) in [5.74, 6) is -4.88. The van der Waals surface area contributed by atoms with Crippen LogP contribution in [0.4, 0.5) is 8.78 Å². The Morgan fingerprint density at radius 2 is 1.23 bits per heavy atom. The van der Waals surface area contributed by atoms with Gasteiger partial charge >= 0.3 is 0 Å². The van der Waals surface area contributed by atoms with Crippen LogP contribution in [0.3, 0.4) is 0 Å². The van der Waals surface area contributed by atoms with Crippen molar-refractivity contribution in [3.05, 3.63) is 69.2 Å². The molecule has 140 valence electrons. The predicted molar refractivity (Wildman–Crippen MR) is 105 cm³/mol. The van der Waals surface area contributed by atoms with E-state index >= 15 is 0 Å². The number of rotatable bonds is 4. The van der Waals surface area contributed by atoms with E-state index in [1.807, 2.05) is 0 Å². The Hall–Kier alpha value is -0.290. The second-order valence-corrected chi connectivity index (χ2v) is 8.24. The molecule has 2 aliphatic carbocycles. The zero-order chi connectivity index (χ0) is 19.7. The van der Waals surface area contributed by atoms with E-state index in [9.17, 15) is 13.6 Å². The standard InChI is InChI=1S/C17H10Cl6F2O/c18-3-1-16(22)7-11(20)13(24)5-9(16)15(26)10-6-14(25)12(21)8-17(10,23)2-4-19/h1-10H. The van der Waals surface area contributed by atoms with Crippen molar-refractivity contribution in [1.82, 2.24) is 0 Å². The highest BCUT2D eigenvalue weighted by Gasteiger charge is 2.48. The van der Waals surface area contributed by atoms with Crippen molar-refractivity contribution in [3.63, 3.8) is 0 Å². The van der Waals surface area contributed by atoms with Crippen LogP contribution in [0.15, 0.2) is 69.2 Å². The van der Waals surface area contributed by atoms with Gasteiger partial charge in [-0.15, -0.1) is 23.2 Å². The Bertz CT molecular complexity index is 733. The number of allylic oxidation sites excluding steroid dienone is 10. The van der Waals surface area contributed by atoms with Crippen LogP contribution in [0.25, 0.3) is 0 Å². The molecule has 0 aliphatic heterocycles. The van der Waals surface area contributed by atoms with Gasteiger partial charge in [-0.25, -0.2) is 8.78 Å². The van der Waals surface area contributed by atoms with E-state index < -0.39 is 39.0 Å². The first-order valence-corrected chi connectivity index (χ1v) is 9.46. The van der Waals surface area contributed by atoms with Crippen LogP contribution in [-0.4, -0.2) is 15.5 Å². The summed E-state index contributed by atoms with van der Waals surface area (Å²) in [5.41, 5.74) is 2.15. The molecule has 9 heteroatoms. The first kappa shape index (κ1) is 22.0. The highest BCUT2D eigenvalue weighted by atomic mass is 35.5. The average Bonchev–Trinajstić information content (AvgIpc) is 2.54. The number of hydrogen-bond donors (Lipinski definition) is 0. The van der Waals surface area contributed by atoms with Gasteiger partial charge < -0.3 is 0 Å². The van der Waals surface area contributed by atoms with E-state index in [4.69, 9.17) is 69.6 Å². The van der Waals surface area contributed by atoms with Gasteiger partial charge in [-0.3, -0.25) is 4.79 Å². The molecule has 0 bridgehead atoms. The molecule has 0 aromatic carbocycles. The summed E-state index contributed by atoms with van der Waals surface area (Å²) in [5, 5.41) is -0.546. The molecule has 0 saturated carbocycles. The monoisotopic (exact) mass is 478 g/mol. The van der Waals surface area contributed by atoms with Gasteiger partial charge in [0, 0.05) is 11.1 Å². The van der Waals surface area contributed by atoms with E-state index in [1.54, 1.807) is 0 Å². The first-order chi connectivity index (χ1) is 12.1. The number of halogens is 8. The lowest BCUT2D eigenvalue weighted by molar-refractivity contribution is -0.124. The van der Waals surface area contributed by atoms with E-state index in [-0.39, 0.29) is 10.1 Å². The minimum Gasteiger partial charge on any atom is -0.298 e. The van der Waals surface area contributed by atoms with Gasteiger partial charge in [0.25, 0.3) is 0 Å². The van der Waals surface area contributed by atoms with Gasteiger partial charge in [0.15, 0.2) is 5.78 Å². The maximum absolute atomic E-state index is 14.0. The van der Waals surface area contributed by atoms with Crippen LogP contribution >= 0.6 is 69.6 Å². The highest BCUT2D eigenvalue weighted by molar-refractivity contribution is 6.37. The third-order valence-electron chi connectivity index (χ3n) is 3.98. The van der Waals surface area contributed by atoms with Crippen LogP contribution in [-0.2, 0) is 4.79 Å². The smallest absolute Gasteiger partial charge is 0.151 e. The van der Waals surface area contributed by atoms with Crippen LogP contribution in [0.5, 0.6) is 0 Å². The van der Waals surface area contributed by atoms with Crippen LogP contribution in [0, 0.1) is 11.8 Å². The number of ketones is 1. The molecule has 4 atom stereocenters. The fourth-order valence-corrected chi connectivity index (χ4v) is 4.53. The van der Waals surface area contributed by atoms with Gasteiger partial charge in [-0.2, -0.15) is 0 Å². The molecule has 4 unspecified atom stereocenters. The quantitative estimate of drug-likeness (QED) is 0.388. The predicted octanol–water partition coefficient (Wildman–Crippen LogP) is 7.23. The molecule has 0 amide bonds. The Labute approximate surface area is 179 Å². The van der Waals surface area contributed by atoms with Gasteiger partial charge in [0.05, 0.1) is 31.6 Å². The molecule has 0 saturated heterocycles. The maximum atomic E-state index is 14.0. The van der Waals surface area contributed by atoms with Gasteiger partial charge in [0.2, 0.25) is 0 Å². The zero-order valence-electron chi connectivity index (χ0n) is 12.7. The molecule has 1 nitrogen and oxygen atoms in total. The maximum Gasteiger partial charge on any atom is 0.151 e. The van der Waals surface area contributed by atoms with Crippen molar-refractivity contribution in [3.8, 4) is 0 Å². The van der Waals surface area contributed by atoms with E-state index in [1.165, 1.54) is 12.2 Å². The molecule has 0 aromatic heterocycles. The summed E-state index contributed by atoms with van der Waals surface area (Å²) in [7, 11) is 0. The number of carbonyl (C=O) groups is 1. The van der Waals surface area contributed by atoms with Crippen molar-refractivity contribution < 1.29 is 13.6 Å². The Kier molecular flexibility index (Phi) is 7.09. The van der Waals surface area contributed by atoms with Gasteiger partial charge in [-0.05, 0) is 36.5 Å². The molecule has 0 fully saturated rings. The summed E-state index contributed by atoms with van der Waals surface area (Å²) in [6.07, 6.45) is 6.72. The zero-order valence-corrected chi connectivity index (χ0v) is 17.2. The largest absolute Gasteiger partial charge is 0.298 e. The number of carbonyl (C=O) groups excluding carboxylic acids is 1. The fourth-order valence-electron chi connectivity index (χ4n) is 2.70. The van der Waals surface area contributed by atoms with E-state index in [2.05, 4.69) is 0 Å². The van der Waals surface area contributed by atoms with Crippen molar-refractivity contribution >= 4 is 75.4 Å². The lowest BCUT2D eigenvalue weighted by Gasteiger charge is -2.36. The number of hydrogen-bond acceptors (Lipinski definition) is 1. The summed E-state index contributed by atoms with van der Waals surface area (Å²) >= 11 is 35.6. The average molecular weight is 481 g/mol. The minimum absolute atomic E-state index is 0.273. The van der Waals surface area contributed by atoms with Crippen molar-refractivity contribution in [2.24, 2.45) is 11.8 Å². The molecule has 0 aromatic rings. The lowest BCUT2D eigenvalue weighted by atomic mass is 9.74. The van der Waals surface area contributed by atoms with Crippen LogP contribution in [0.2, 0.25) is 0 Å². The Balaban J connectivity index is 2.55. The molecule has 2 aliphatic rings. The molecular weight excluding hydrogens is 471 g/mol. The SMILES string of the molecule is O=C(C1C=C(F)C(Cl)=CC1(Cl)C=CCl)C1C=C(F)C(Cl)=CC1(Cl)C=CCl. The summed E-state index contributed by atoms with van der Waals surface area (Å²) in [4.78, 5) is 10.0. The highest BCUT2D eigenvalue weighted by Crippen LogP contribution is 2.46. The molecule has 0 spiro atoms. The molecule has 2 rings (SSSR count). The van der Waals surface area contributed by atoms with Crippen molar-refractivity contribution in [2.45, 2.75) is 9.75 Å². The number of Topliss-reactive ketones (excluding diaryl/α,β-unsaturated/α-hetero) is 1. The van der Waals surface area contributed by atoms with Crippen LogP contribution in [0.1, 0.15) is 0 Å². The van der Waals surface area contributed by atoms with Gasteiger partial charge in [0.1, 0.15) is 11.7 Å². The topological polar surface area (TPSA) is 17.1 Å². The third kappa shape index (κ3) is 4.24. The second-order valence-electron chi connectivity index (χ2n) is 5.61. The Morgan fingerprint density at radius 3 is 1.54 bits per heavy atom. The molecule has 0 N–H and O–H groups in total. The summed E-state index contributed by atoms with van der Waals surface area (Å²) < 4.78 is 28.0. The molecule has 26 heavy (non-hydrogen) atoms. The molecule has 0 radical (unpaired) electrons. The second kappa shape index (κ2) is 8.38. The summed E-state index contributed by atoms with van der Waals surface area (Å²) in [6, 6.07) is 0. The number of alkyl halides is 2. The van der Waals surface area contributed by atoms with Crippen LogP contribution < -0.4 is 0 Å². The molecule has 0 heterocycles. The first-order valence-electron chi connectivity index (χ1n) is 7.07. The normalized spacial score (nSPS) is 35.2. The lowest BCUT2D eigenvalue weighted by Crippen LogP contribution is -2.44. The van der Waals surface area contributed by atoms with E-state index in [0.717, 1.165) is 35.4 Å². The van der Waals surface area contributed by atoms with E-state index in [0.29, 0.717) is 0 Å². The van der Waals surface area contributed by atoms with Crippen molar-refractivity contribution in [1.29, 1.82) is 0 Å². The third-order valence-corrected chi connectivity index (χ3v) is 5.75. The minimum atomic E-state index is -1.55. The molecular formula is C17H10Cl6F2O. The van der Waals surface area contributed by atoms with Gasteiger partial charge in [-0.1, -0.05) is 46.4 Å².